The van der Waals surface area contributed by atoms with Crippen molar-refractivity contribution in [3.63, 3.8) is 0 Å². The lowest BCUT2D eigenvalue weighted by atomic mass is 10.1. The molecule has 1 N–H and O–H groups in total. The maximum atomic E-state index is 5.39. The van der Waals surface area contributed by atoms with Crippen LogP contribution in [0.25, 0.3) is 0 Å². The predicted molar refractivity (Wildman–Crippen MR) is 76.7 cm³/mol. The molecular weight excluding hydrogens is 252 g/mol. The number of methoxy groups -OCH3 is 1. The molecule has 1 aromatic heterocycles. The average Bonchev–Trinajstić information content (AvgIpc) is 3.17. The van der Waals surface area contributed by atoms with Crippen LogP contribution < -0.4 is 10.1 Å². The van der Waals surface area contributed by atoms with Gasteiger partial charge in [0.1, 0.15) is 12.1 Å². The zero-order valence-electron chi connectivity index (χ0n) is 12.0. The molecule has 1 aromatic carbocycles. The third-order valence-corrected chi connectivity index (χ3v) is 3.48. The minimum absolute atomic E-state index is 0.679. The van der Waals surface area contributed by atoms with Gasteiger partial charge < -0.3 is 10.1 Å². The number of hydrogen-bond donors (Lipinski definition) is 1. The van der Waals surface area contributed by atoms with Crippen molar-refractivity contribution in [3.8, 4) is 5.75 Å². The molecule has 0 atom stereocenters. The van der Waals surface area contributed by atoms with Crippen LogP contribution in [-0.4, -0.2) is 27.9 Å². The second kappa shape index (κ2) is 5.63. The van der Waals surface area contributed by atoms with Gasteiger partial charge >= 0.3 is 0 Å². The summed E-state index contributed by atoms with van der Waals surface area (Å²) in [5.41, 5.74) is 2.34. The van der Waals surface area contributed by atoms with Gasteiger partial charge in [0.05, 0.1) is 20.2 Å². The van der Waals surface area contributed by atoms with E-state index in [0.29, 0.717) is 12.6 Å². The van der Waals surface area contributed by atoms with Gasteiger partial charge in [-0.2, -0.15) is 5.10 Å². The highest BCUT2D eigenvalue weighted by Gasteiger charge is 2.20. The van der Waals surface area contributed by atoms with Crippen LogP contribution in [0.1, 0.15) is 29.8 Å². The molecular formula is C15H20N4O. The Hall–Kier alpha value is -1.88. The number of aromatic nitrogens is 3. The standard InChI is InChI=1S/C15H20N4O/c1-11-3-6-14(20-2)12(7-11)9-19-10-17-15(18-19)8-16-13-4-5-13/h3,6-7,10,13,16H,4-5,8-9H2,1-2H3. The second-order valence-electron chi connectivity index (χ2n) is 5.33. The molecule has 5 heteroatoms. The molecule has 0 radical (unpaired) electrons. The number of aryl methyl sites for hydroxylation is 1. The summed E-state index contributed by atoms with van der Waals surface area (Å²) in [4.78, 5) is 4.34. The third-order valence-electron chi connectivity index (χ3n) is 3.48. The number of nitrogens with zero attached hydrogens (tertiary/aromatic N) is 3. The minimum atomic E-state index is 0.679. The molecule has 106 valence electrons. The van der Waals surface area contributed by atoms with E-state index in [4.69, 9.17) is 4.74 Å². The fourth-order valence-electron chi connectivity index (χ4n) is 2.22. The topological polar surface area (TPSA) is 52.0 Å². The van der Waals surface area contributed by atoms with Crippen LogP contribution in [0.3, 0.4) is 0 Å². The van der Waals surface area contributed by atoms with Gasteiger partial charge in [0.25, 0.3) is 0 Å². The zero-order chi connectivity index (χ0) is 13.9. The van der Waals surface area contributed by atoms with Crippen molar-refractivity contribution in [3.05, 3.63) is 41.5 Å². The van der Waals surface area contributed by atoms with Crippen LogP contribution in [0.4, 0.5) is 0 Å². The molecule has 0 spiro atoms. The Labute approximate surface area is 119 Å². The second-order valence-corrected chi connectivity index (χ2v) is 5.33. The summed E-state index contributed by atoms with van der Waals surface area (Å²) in [7, 11) is 1.69. The van der Waals surface area contributed by atoms with E-state index in [1.165, 1.54) is 18.4 Å². The molecule has 20 heavy (non-hydrogen) atoms. The molecule has 2 aromatic rings. The molecule has 1 saturated carbocycles. The van der Waals surface area contributed by atoms with Gasteiger partial charge in [0, 0.05) is 11.6 Å². The number of ether oxygens (including phenoxy) is 1. The number of rotatable bonds is 6. The van der Waals surface area contributed by atoms with Gasteiger partial charge in [0.15, 0.2) is 5.82 Å². The van der Waals surface area contributed by atoms with Crippen molar-refractivity contribution in [2.45, 2.75) is 38.9 Å². The lowest BCUT2D eigenvalue weighted by Crippen LogP contribution is -2.16. The minimum Gasteiger partial charge on any atom is -0.496 e. The lowest BCUT2D eigenvalue weighted by Gasteiger charge is -2.09. The van der Waals surface area contributed by atoms with E-state index in [0.717, 1.165) is 23.7 Å². The van der Waals surface area contributed by atoms with Crippen LogP contribution in [0.5, 0.6) is 5.75 Å². The van der Waals surface area contributed by atoms with Crippen LogP contribution in [-0.2, 0) is 13.1 Å². The van der Waals surface area contributed by atoms with Gasteiger partial charge in [-0.05, 0) is 25.8 Å². The third kappa shape index (κ3) is 3.17. The first kappa shape index (κ1) is 13.1. The van der Waals surface area contributed by atoms with Crippen molar-refractivity contribution < 1.29 is 4.74 Å². The van der Waals surface area contributed by atoms with Crippen molar-refractivity contribution in [2.75, 3.05) is 7.11 Å². The fraction of sp³-hybridized carbons (Fsp3) is 0.467. The van der Waals surface area contributed by atoms with E-state index in [-0.39, 0.29) is 0 Å². The molecule has 1 aliphatic carbocycles. The van der Waals surface area contributed by atoms with E-state index >= 15 is 0 Å². The molecule has 0 bridgehead atoms. The van der Waals surface area contributed by atoms with Crippen LogP contribution in [0.15, 0.2) is 24.5 Å². The maximum Gasteiger partial charge on any atom is 0.164 e. The quantitative estimate of drug-likeness (QED) is 0.872. The molecule has 5 nitrogen and oxygen atoms in total. The maximum absolute atomic E-state index is 5.39. The van der Waals surface area contributed by atoms with Gasteiger partial charge in [0.2, 0.25) is 0 Å². The Bertz CT molecular complexity index is 589. The molecule has 3 rings (SSSR count). The Balaban J connectivity index is 1.68. The first-order valence-electron chi connectivity index (χ1n) is 7.00. The highest BCUT2D eigenvalue weighted by Crippen LogP contribution is 2.21. The molecule has 1 fully saturated rings. The SMILES string of the molecule is COc1ccc(C)cc1Cn1cnc(CNC2CC2)n1. The van der Waals surface area contributed by atoms with Gasteiger partial charge in [-0.3, -0.25) is 0 Å². The first-order valence-corrected chi connectivity index (χ1v) is 7.00. The van der Waals surface area contributed by atoms with Crippen molar-refractivity contribution in [1.29, 1.82) is 0 Å². The predicted octanol–water partition coefficient (Wildman–Crippen LogP) is 1.90. The summed E-state index contributed by atoms with van der Waals surface area (Å²) in [6.45, 7) is 3.51. The van der Waals surface area contributed by atoms with Crippen LogP contribution in [0.2, 0.25) is 0 Å². The molecule has 0 aliphatic heterocycles. The van der Waals surface area contributed by atoms with E-state index in [1.807, 2.05) is 10.7 Å². The van der Waals surface area contributed by atoms with Crippen molar-refractivity contribution >= 4 is 0 Å². The van der Waals surface area contributed by atoms with Crippen LogP contribution in [0, 0.1) is 6.92 Å². The molecule has 0 amide bonds. The average molecular weight is 272 g/mol. The molecule has 0 unspecified atom stereocenters. The summed E-state index contributed by atoms with van der Waals surface area (Å²) < 4.78 is 7.26. The summed E-state index contributed by atoms with van der Waals surface area (Å²) in [6, 6.07) is 6.85. The molecule has 0 saturated heterocycles. The fourth-order valence-corrected chi connectivity index (χ4v) is 2.22. The number of hydrogen-bond acceptors (Lipinski definition) is 4. The first-order chi connectivity index (χ1) is 9.74. The summed E-state index contributed by atoms with van der Waals surface area (Å²) in [5.74, 6) is 1.74. The largest absolute Gasteiger partial charge is 0.496 e. The van der Waals surface area contributed by atoms with Crippen molar-refractivity contribution in [2.24, 2.45) is 0 Å². The summed E-state index contributed by atoms with van der Waals surface area (Å²) >= 11 is 0. The molecule has 1 aliphatic rings. The summed E-state index contributed by atoms with van der Waals surface area (Å²) in [5, 5.41) is 7.92. The Morgan fingerprint density at radius 3 is 3.00 bits per heavy atom. The van der Waals surface area contributed by atoms with Crippen molar-refractivity contribution in [1.82, 2.24) is 20.1 Å². The highest BCUT2D eigenvalue weighted by atomic mass is 16.5. The van der Waals surface area contributed by atoms with E-state index in [1.54, 1.807) is 13.4 Å². The van der Waals surface area contributed by atoms with E-state index in [9.17, 15) is 0 Å². The highest BCUT2D eigenvalue weighted by molar-refractivity contribution is 5.36. The Morgan fingerprint density at radius 1 is 1.40 bits per heavy atom. The normalized spacial score (nSPS) is 14.5. The lowest BCUT2D eigenvalue weighted by molar-refractivity contribution is 0.407. The van der Waals surface area contributed by atoms with Crippen LogP contribution >= 0.6 is 0 Å². The van der Waals surface area contributed by atoms with E-state index in [2.05, 4.69) is 34.5 Å². The number of benzene rings is 1. The zero-order valence-corrected chi connectivity index (χ0v) is 12.0. The molecule has 1 heterocycles. The summed E-state index contributed by atoms with van der Waals surface area (Å²) in [6.07, 6.45) is 4.34. The monoisotopic (exact) mass is 272 g/mol. The van der Waals surface area contributed by atoms with E-state index < -0.39 is 0 Å². The van der Waals surface area contributed by atoms with Gasteiger partial charge in [-0.25, -0.2) is 9.67 Å². The van der Waals surface area contributed by atoms with Gasteiger partial charge in [-0.1, -0.05) is 17.7 Å². The Kier molecular flexibility index (Phi) is 3.69. The smallest absolute Gasteiger partial charge is 0.164 e. The van der Waals surface area contributed by atoms with Gasteiger partial charge in [-0.15, -0.1) is 0 Å². The number of nitrogens with one attached hydrogen (secondary N) is 1. The Morgan fingerprint density at radius 2 is 2.25 bits per heavy atom.